The van der Waals surface area contributed by atoms with E-state index in [0.29, 0.717) is 11.7 Å². The lowest BCUT2D eigenvalue weighted by atomic mass is 10.2. The first-order valence-corrected chi connectivity index (χ1v) is 8.27. The van der Waals surface area contributed by atoms with Crippen LogP contribution in [0.15, 0.2) is 23.1 Å². The Kier molecular flexibility index (Phi) is 3.89. The summed E-state index contributed by atoms with van der Waals surface area (Å²) in [5.41, 5.74) is 6.63. The van der Waals surface area contributed by atoms with E-state index in [4.69, 9.17) is 5.73 Å². The summed E-state index contributed by atoms with van der Waals surface area (Å²) in [6.07, 6.45) is 3.17. The van der Waals surface area contributed by atoms with Gasteiger partial charge < -0.3 is 16.0 Å². The zero-order valence-corrected chi connectivity index (χ0v) is 12.4. The van der Waals surface area contributed by atoms with E-state index in [1.165, 1.54) is 6.07 Å². The molecule has 1 fully saturated rings. The van der Waals surface area contributed by atoms with Crippen LogP contribution >= 0.6 is 0 Å². The van der Waals surface area contributed by atoms with E-state index in [1.54, 1.807) is 24.1 Å². The Hall–Kier alpha value is -1.76. The summed E-state index contributed by atoms with van der Waals surface area (Å²) < 4.78 is 23.3. The minimum absolute atomic E-state index is 0.0841. The molecule has 1 aromatic rings. The Bertz CT molecular complexity index is 624. The SMILES string of the molecule is CN(CC(=O)NC1CC1)c1cccc(S(C)(=O)=O)c1N. The maximum Gasteiger partial charge on any atom is 0.239 e. The number of para-hydroxylation sites is 1. The second-order valence-corrected chi connectivity index (χ2v) is 7.14. The predicted octanol–water partition coefficient (Wildman–Crippen LogP) is 0.387. The maximum atomic E-state index is 11.8. The Morgan fingerprint density at radius 1 is 1.45 bits per heavy atom. The lowest BCUT2D eigenvalue weighted by Crippen LogP contribution is -2.36. The number of likely N-dealkylation sites (N-methyl/N-ethyl adjacent to an activating group) is 1. The fourth-order valence-corrected chi connectivity index (χ4v) is 2.82. The topological polar surface area (TPSA) is 92.5 Å². The number of rotatable bonds is 5. The number of carbonyl (C=O) groups is 1. The molecule has 0 unspecified atom stereocenters. The molecule has 0 aromatic heterocycles. The largest absolute Gasteiger partial charge is 0.396 e. The van der Waals surface area contributed by atoms with Crippen LogP contribution in [0.2, 0.25) is 0 Å². The maximum absolute atomic E-state index is 11.8. The van der Waals surface area contributed by atoms with Gasteiger partial charge in [-0.25, -0.2) is 8.42 Å². The molecule has 1 aliphatic rings. The monoisotopic (exact) mass is 297 g/mol. The molecule has 3 N–H and O–H groups in total. The lowest BCUT2D eigenvalue weighted by molar-refractivity contribution is -0.119. The van der Waals surface area contributed by atoms with Crippen LogP contribution in [-0.2, 0) is 14.6 Å². The number of hydrogen-bond acceptors (Lipinski definition) is 5. The quantitative estimate of drug-likeness (QED) is 0.767. The molecule has 1 amide bonds. The molecule has 0 radical (unpaired) electrons. The zero-order valence-electron chi connectivity index (χ0n) is 11.6. The van der Waals surface area contributed by atoms with Crippen molar-refractivity contribution in [2.24, 2.45) is 0 Å². The molecule has 1 aliphatic carbocycles. The standard InChI is InChI=1S/C13H19N3O3S/c1-16(8-12(17)15-9-6-7-9)10-4-3-5-11(13(10)14)20(2,18)19/h3-5,9H,6-8,14H2,1-2H3,(H,15,17). The molecule has 2 rings (SSSR count). The van der Waals surface area contributed by atoms with Crippen LogP contribution in [0, 0.1) is 0 Å². The van der Waals surface area contributed by atoms with Gasteiger partial charge in [0.1, 0.15) is 0 Å². The third-order valence-electron chi connectivity index (χ3n) is 3.18. The van der Waals surface area contributed by atoms with Crippen molar-refractivity contribution in [3.05, 3.63) is 18.2 Å². The second-order valence-electron chi connectivity index (χ2n) is 5.16. The number of nitrogens with zero attached hydrogens (tertiary/aromatic N) is 1. The Balaban J connectivity index is 2.17. The molecule has 0 heterocycles. The Morgan fingerprint density at radius 3 is 2.65 bits per heavy atom. The van der Waals surface area contributed by atoms with Crippen LogP contribution in [0.1, 0.15) is 12.8 Å². The smallest absolute Gasteiger partial charge is 0.239 e. The van der Waals surface area contributed by atoms with Crippen molar-refractivity contribution in [3.8, 4) is 0 Å². The number of carbonyl (C=O) groups excluding carboxylic acids is 1. The number of anilines is 2. The fourth-order valence-electron chi connectivity index (χ4n) is 1.99. The van der Waals surface area contributed by atoms with E-state index in [9.17, 15) is 13.2 Å². The second kappa shape index (κ2) is 5.32. The van der Waals surface area contributed by atoms with E-state index in [2.05, 4.69) is 5.32 Å². The van der Waals surface area contributed by atoms with Gasteiger partial charge in [-0.3, -0.25) is 4.79 Å². The van der Waals surface area contributed by atoms with E-state index >= 15 is 0 Å². The van der Waals surface area contributed by atoms with Crippen LogP contribution < -0.4 is 16.0 Å². The summed E-state index contributed by atoms with van der Waals surface area (Å²) in [4.78, 5) is 13.5. The molecule has 6 nitrogen and oxygen atoms in total. The van der Waals surface area contributed by atoms with Crippen molar-refractivity contribution in [2.45, 2.75) is 23.8 Å². The third-order valence-corrected chi connectivity index (χ3v) is 4.33. The van der Waals surface area contributed by atoms with Crippen LogP contribution in [0.25, 0.3) is 0 Å². The number of nitrogen functional groups attached to an aromatic ring is 1. The predicted molar refractivity (Wildman–Crippen MR) is 78.4 cm³/mol. The molecular formula is C13H19N3O3S. The molecule has 0 atom stereocenters. The highest BCUT2D eigenvalue weighted by molar-refractivity contribution is 7.90. The molecule has 110 valence electrons. The summed E-state index contributed by atoms with van der Waals surface area (Å²) in [6, 6.07) is 5.09. The van der Waals surface area contributed by atoms with Crippen LogP contribution in [0.4, 0.5) is 11.4 Å². The van der Waals surface area contributed by atoms with Gasteiger partial charge in [0.25, 0.3) is 0 Å². The number of hydrogen-bond donors (Lipinski definition) is 2. The fraction of sp³-hybridized carbons (Fsp3) is 0.462. The molecule has 0 spiro atoms. The number of benzene rings is 1. The highest BCUT2D eigenvalue weighted by Gasteiger charge is 2.24. The van der Waals surface area contributed by atoms with Crippen molar-refractivity contribution in [1.29, 1.82) is 0 Å². The number of nitrogens with one attached hydrogen (secondary N) is 1. The summed E-state index contributed by atoms with van der Waals surface area (Å²) >= 11 is 0. The molecule has 0 aliphatic heterocycles. The molecule has 1 saturated carbocycles. The molecule has 1 aromatic carbocycles. The summed E-state index contributed by atoms with van der Waals surface area (Å²) in [7, 11) is -1.67. The summed E-state index contributed by atoms with van der Waals surface area (Å²) in [5, 5.41) is 2.88. The van der Waals surface area contributed by atoms with Crippen molar-refractivity contribution in [3.63, 3.8) is 0 Å². The minimum Gasteiger partial charge on any atom is -0.396 e. The van der Waals surface area contributed by atoms with Crippen molar-refractivity contribution in [1.82, 2.24) is 5.32 Å². The average Bonchev–Trinajstić information content (AvgIpc) is 3.11. The van der Waals surface area contributed by atoms with E-state index < -0.39 is 9.84 Å². The highest BCUT2D eigenvalue weighted by Crippen LogP contribution is 2.29. The van der Waals surface area contributed by atoms with Gasteiger partial charge in [0, 0.05) is 19.3 Å². The van der Waals surface area contributed by atoms with Gasteiger partial charge in [0.2, 0.25) is 5.91 Å². The van der Waals surface area contributed by atoms with Crippen LogP contribution in [0.5, 0.6) is 0 Å². The number of sulfone groups is 1. The van der Waals surface area contributed by atoms with Gasteiger partial charge in [0.05, 0.1) is 22.8 Å². The van der Waals surface area contributed by atoms with Crippen LogP contribution in [0.3, 0.4) is 0 Å². The number of amides is 1. The molecule has 7 heteroatoms. The molecule has 0 saturated heterocycles. The Morgan fingerprint density at radius 2 is 2.10 bits per heavy atom. The number of nitrogens with two attached hydrogens (primary N) is 1. The molecule has 20 heavy (non-hydrogen) atoms. The van der Waals surface area contributed by atoms with Gasteiger partial charge >= 0.3 is 0 Å². The van der Waals surface area contributed by atoms with E-state index in [0.717, 1.165) is 19.1 Å². The first-order chi connectivity index (χ1) is 9.29. The average molecular weight is 297 g/mol. The van der Waals surface area contributed by atoms with Gasteiger partial charge in [-0.05, 0) is 25.0 Å². The first kappa shape index (κ1) is 14.6. The van der Waals surface area contributed by atoms with Crippen molar-refractivity contribution >= 4 is 27.1 Å². The minimum atomic E-state index is -3.38. The van der Waals surface area contributed by atoms with Crippen LogP contribution in [-0.4, -0.2) is 40.2 Å². The van der Waals surface area contributed by atoms with E-state index in [1.807, 2.05) is 0 Å². The zero-order chi connectivity index (χ0) is 14.9. The lowest BCUT2D eigenvalue weighted by Gasteiger charge is -2.21. The summed E-state index contributed by atoms with van der Waals surface area (Å²) in [5.74, 6) is -0.0841. The van der Waals surface area contributed by atoms with Gasteiger partial charge in [0.15, 0.2) is 9.84 Å². The summed E-state index contributed by atoms with van der Waals surface area (Å²) in [6.45, 7) is 0.147. The highest BCUT2D eigenvalue weighted by atomic mass is 32.2. The van der Waals surface area contributed by atoms with Gasteiger partial charge in [-0.2, -0.15) is 0 Å². The molecular weight excluding hydrogens is 278 g/mol. The first-order valence-electron chi connectivity index (χ1n) is 6.38. The van der Waals surface area contributed by atoms with Gasteiger partial charge in [-0.15, -0.1) is 0 Å². The normalized spacial score (nSPS) is 14.9. The third kappa shape index (κ3) is 3.41. The van der Waals surface area contributed by atoms with Crippen molar-refractivity contribution in [2.75, 3.05) is 30.5 Å². The van der Waals surface area contributed by atoms with E-state index in [-0.39, 0.29) is 23.0 Å². The Labute approximate surface area is 118 Å². The molecule has 0 bridgehead atoms. The van der Waals surface area contributed by atoms with Gasteiger partial charge in [-0.1, -0.05) is 6.07 Å². The van der Waals surface area contributed by atoms with Crippen molar-refractivity contribution < 1.29 is 13.2 Å².